The highest BCUT2D eigenvalue weighted by Crippen LogP contribution is 2.20. The molecule has 0 saturated heterocycles. The standard InChI is InChI=1S/C20H22N2O/c1-12-5-6-14(3)18(9-12)21-11-17-10-16-8-13(2)7-15(4)19(16)22-20(17)23/h5-10,21H,11H2,1-4H3,(H,22,23). The Bertz CT molecular complexity index is 938. The summed E-state index contributed by atoms with van der Waals surface area (Å²) < 4.78 is 0. The van der Waals surface area contributed by atoms with Crippen molar-refractivity contribution in [3.05, 3.63) is 74.6 Å². The third-order valence-electron chi connectivity index (χ3n) is 4.23. The van der Waals surface area contributed by atoms with Crippen LogP contribution in [0.15, 0.2) is 41.2 Å². The average molecular weight is 306 g/mol. The third kappa shape index (κ3) is 3.14. The van der Waals surface area contributed by atoms with Crippen molar-refractivity contribution in [2.75, 3.05) is 5.32 Å². The quantitative estimate of drug-likeness (QED) is 0.754. The van der Waals surface area contributed by atoms with Crippen LogP contribution in [0.3, 0.4) is 0 Å². The molecule has 118 valence electrons. The summed E-state index contributed by atoms with van der Waals surface area (Å²) >= 11 is 0. The Kier molecular flexibility index (Phi) is 3.95. The van der Waals surface area contributed by atoms with Crippen LogP contribution in [-0.2, 0) is 6.54 Å². The zero-order valence-corrected chi connectivity index (χ0v) is 14.1. The number of aromatic nitrogens is 1. The number of aromatic amines is 1. The van der Waals surface area contributed by atoms with Gasteiger partial charge in [-0.25, -0.2) is 0 Å². The molecule has 23 heavy (non-hydrogen) atoms. The lowest BCUT2D eigenvalue weighted by atomic mass is 10.1. The number of aryl methyl sites for hydroxylation is 4. The van der Waals surface area contributed by atoms with E-state index in [2.05, 4.69) is 61.4 Å². The Balaban J connectivity index is 1.95. The SMILES string of the molecule is Cc1ccc(C)c(NCc2cc3cc(C)cc(C)c3[nH]c2=O)c1. The van der Waals surface area contributed by atoms with Gasteiger partial charge in [0.2, 0.25) is 0 Å². The molecule has 3 nitrogen and oxygen atoms in total. The lowest BCUT2D eigenvalue weighted by Crippen LogP contribution is -2.16. The first-order chi connectivity index (χ1) is 10.9. The topological polar surface area (TPSA) is 44.9 Å². The monoisotopic (exact) mass is 306 g/mol. The smallest absolute Gasteiger partial charge is 0.253 e. The minimum Gasteiger partial charge on any atom is -0.381 e. The van der Waals surface area contributed by atoms with Gasteiger partial charge in [-0.1, -0.05) is 23.8 Å². The maximum Gasteiger partial charge on any atom is 0.253 e. The van der Waals surface area contributed by atoms with Crippen molar-refractivity contribution in [2.45, 2.75) is 34.2 Å². The van der Waals surface area contributed by atoms with Gasteiger partial charge in [0.15, 0.2) is 0 Å². The summed E-state index contributed by atoms with van der Waals surface area (Å²) in [5.74, 6) is 0. The van der Waals surface area contributed by atoms with Crippen molar-refractivity contribution >= 4 is 16.6 Å². The van der Waals surface area contributed by atoms with Gasteiger partial charge in [0.25, 0.3) is 5.56 Å². The van der Waals surface area contributed by atoms with E-state index < -0.39 is 0 Å². The van der Waals surface area contributed by atoms with Crippen LogP contribution in [0.25, 0.3) is 10.9 Å². The predicted molar refractivity (Wildman–Crippen MR) is 97.3 cm³/mol. The van der Waals surface area contributed by atoms with E-state index in [4.69, 9.17) is 0 Å². The minimum atomic E-state index is -0.0257. The molecule has 0 aliphatic carbocycles. The molecule has 0 saturated carbocycles. The molecule has 3 rings (SSSR count). The average Bonchev–Trinajstić information content (AvgIpc) is 2.49. The second kappa shape index (κ2) is 5.92. The first-order valence-corrected chi connectivity index (χ1v) is 7.88. The minimum absolute atomic E-state index is 0.0257. The van der Waals surface area contributed by atoms with E-state index >= 15 is 0 Å². The molecule has 0 radical (unpaired) electrons. The largest absolute Gasteiger partial charge is 0.381 e. The number of nitrogens with one attached hydrogen (secondary N) is 2. The van der Waals surface area contributed by atoms with Crippen LogP contribution in [0.5, 0.6) is 0 Å². The molecule has 0 amide bonds. The van der Waals surface area contributed by atoms with E-state index in [1.54, 1.807) is 0 Å². The fourth-order valence-corrected chi connectivity index (χ4v) is 2.98. The summed E-state index contributed by atoms with van der Waals surface area (Å²) in [5, 5.41) is 4.47. The summed E-state index contributed by atoms with van der Waals surface area (Å²) in [7, 11) is 0. The number of anilines is 1. The molecule has 2 N–H and O–H groups in total. The van der Waals surface area contributed by atoms with Crippen LogP contribution in [-0.4, -0.2) is 4.98 Å². The van der Waals surface area contributed by atoms with Crippen LogP contribution in [0.2, 0.25) is 0 Å². The normalized spacial score (nSPS) is 11.0. The van der Waals surface area contributed by atoms with Gasteiger partial charge >= 0.3 is 0 Å². The second-order valence-corrected chi connectivity index (χ2v) is 6.34. The molecule has 0 spiro atoms. The van der Waals surface area contributed by atoms with Crippen LogP contribution < -0.4 is 10.9 Å². The molecule has 0 fully saturated rings. The van der Waals surface area contributed by atoms with Crippen molar-refractivity contribution in [3.8, 4) is 0 Å². The molecular formula is C20H22N2O. The Labute approximate surface area is 136 Å². The predicted octanol–water partition coefficient (Wildman–Crippen LogP) is 4.37. The molecular weight excluding hydrogens is 284 g/mol. The van der Waals surface area contributed by atoms with Crippen molar-refractivity contribution in [2.24, 2.45) is 0 Å². The first-order valence-electron chi connectivity index (χ1n) is 7.88. The van der Waals surface area contributed by atoms with Crippen LogP contribution >= 0.6 is 0 Å². The molecule has 1 heterocycles. The Hall–Kier alpha value is -2.55. The lowest BCUT2D eigenvalue weighted by molar-refractivity contribution is 1.08. The van der Waals surface area contributed by atoms with Crippen LogP contribution in [0.1, 0.15) is 27.8 Å². The molecule has 0 bridgehead atoms. The molecule has 0 aliphatic heterocycles. The molecule has 0 unspecified atom stereocenters. The number of benzene rings is 2. The number of fused-ring (bicyclic) bond motifs is 1. The number of pyridine rings is 1. The van der Waals surface area contributed by atoms with Gasteiger partial charge in [-0.15, -0.1) is 0 Å². The molecule has 3 heteroatoms. The Morgan fingerprint density at radius 2 is 1.70 bits per heavy atom. The van der Waals surface area contributed by atoms with Gasteiger partial charge in [-0.05, 0) is 68.0 Å². The van der Waals surface area contributed by atoms with E-state index in [0.29, 0.717) is 6.54 Å². The lowest BCUT2D eigenvalue weighted by Gasteiger charge is -2.11. The van der Waals surface area contributed by atoms with E-state index in [0.717, 1.165) is 27.7 Å². The molecule has 2 aromatic carbocycles. The van der Waals surface area contributed by atoms with Crippen molar-refractivity contribution in [1.29, 1.82) is 0 Å². The van der Waals surface area contributed by atoms with Gasteiger partial charge in [0.05, 0.1) is 5.52 Å². The zero-order valence-electron chi connectivity index (χ0n) is 14.1. The van der Waals surface area contributed by atoms with E-state index in [1.807, 2.05) is 13.0 Å². The molecule has 0 aliphatic rings. The van der Waals surface area contributed by atoms with Crippen molar-refractivity contribution in [3.63, 3.8) is 0 Å². The number of hydrogen-bond acceptors (Lipinski definition) is 2. The fourth-order valence-electron chi connectivity index (χ4n) is 2.98. The van der Waals surface area contributed by atoms with Gasteiger partial charge in [0, 0.05) is 17.8 Å². The summed E-state index contributed by atoms with van der Waals surface area (Å²) in [6.07, 6.45) is 0. The van der Waals surface area contributed by atoms with Gasteiger partial charge in [-0.3, -0.25) is 4.79 Å². The van der Waals surface area contributed by atoms with E-state index in [1.165, 1.54) is 16.7 Å². The Morgan fingerprint density at radius 1 is 0.913 bits per heavy atom. The second-order valence-electron chi connectivity index (χ2n) is 6.34. The highest BCUT2D eigenvalue weighted by molar-refractivity contribution is 5.82. The third-order valence-corrected chi connectivity index (χ3v) is 4.23. The highest BCUT2D eigenvalue weighted by atomic mass is 16.1. The van der Waals surface area contributed by atoms with Gasteiger partial charge < -0.3 is 10.3 Å². The summed E-state index contributed by atoms with van der Waals surface area (Å²) in [5.41, 5.74) is 7.42. The fraction of sp³-hybridized carbons (Fsp3) is 0.250. The van der Waals surface area contributed by atoms with Crippen molar-refractivity contribution in [1.82, 2.24) is 4.98 Å². The summed E-state index contributed by atoms with van der Waals surface area (Å²) in [6, 6.07) is 12.5. The summed E-state index contributed by atoms with van der Waals surface area (Å²) in [6.45, 7) is 8.76. The number of hydrogen-bond donors (Lipinski definition) is 2. The maximum absolute atomic E-state index is 12.3. The van der Waals surface area contributed by atoms with E-state index in [9.17, 15) is 4.79 Å². The first kappa shape index (κ1) is 15.3. The number of H-pyrrole nitrogens is 1. The van der Waals surface area contributed by atoms with Crippen molar-refractivity contribution < 1.29 is 0 Å². The van der Waals surface area contributed by atoms with Gasteiger partial charge in [-0.2, -0.15) is 0 Å². The summed E-state index contributed by atoms with van der Waals surface area (Å²) in [4.78, 5) is 15.4. The van der Waals surface area contributed by atoms with Gasteiger partial charge in [0.1, 0.15) is 0 Å². The number of rotatable bonds is 3. The highest BCUT2D eigenvalue weighted by Gasteiger charge is 2.06. The zero-order chi connectivity index (χ0) is 16.6. The maximum atomic E-state index is 12.3. The molecule has 3 aromatic rings. The molecule has 0 atom stereocenters. The Morgan fingerprint density at radius 3 is 2.48 bits per heavy atom. The van der Waals surface area contributed by atoms with Crippen LogP contribution in [0, 0.1) is 27.7 Å². The van der Waals surface area contributed by atoms with Crippen LogP contribution in [0.4, 0.5) is 5.69 Å². The van der Waals surface area contributed by atoms with E-state index in [-0.39, 0.29) is 5.56 Å². The molecule has 1 aromatic heterocycles.